The Balaban J connectivity index is 2.13. The Morgan fingerprint density at radius 2 is 1.79 bits per heavy atom. The van der Waals surface area contributed by atoms with Crippen LogP contribution in [0.3, 0.4) is 0 Å². The predicted octanol–water partition coefficient (Wildman–Crippen LogP) is 3.19. The van der Waals surface area contributed by atoms with Gasteiger partial charge in [-0.15, -0.1) is 0 Å². The minimum atomic E-state index is -3.94. The number of carbonyl (C=O) groups excluding carboxylic acids is 2. The van der Waals surface area contributed by atoms with Crippen LogP contribution in [0.5, 0.6) is 0 Å². The molecule has 0 saturated heterocycles. The molecule has 0 fully saturated rings. The molecule has 1 amide bonds. The van der Waals surface area contributed by atoms with Crippen molar-refractivity contribution in [3.63, 3.8) is 0 Å². The van der Waals surface area contributed by atoms with Gasteiger partial charge in [0.15, 0.2) is 0 Å². The molecule has 2 aromatic carbocycles. The lowest BCUT2D eigenvalue weighted by Gasteiger charge is -2.18. The molecule has 0 spiro atoms. The molecule has 0 aromatic heterocycles. The number of ether oxygens (including phenoxy) is 1. The molecule has 0 unspecified atom stereocenters. The fraction of sp³-hybridized carbons (Fsp3) is 0.263. The number of sulfonamides is 1. The van der Waals surface area contributed by atoms with Gasteiger partial charge in [-0.05, 0) is 60.1 Å². The normalized spacial score (nSPS) is 11.3. The minimum absolute atomic E-state index is 0.0498. The zero-order valence-electron chi connectivity index (χ0n) is 15.7. The second-order valence-electron chi connectivity index (χ2n) is 6.04. The van der Waals surface area contributed by atoms with Crippen molar-refractivity contribution in [1.29, 1.82) is 0 Å². The molecule has 0 radical (unpaired) electrons. The van der Waals surface area contributed by atoms with Gasteiger partial charge in [0.05, 0.1) is 23.6 Å². The molecule has 150 valence electrons. The van der Waals surface area contributed by atoms with E-state index in [1.807, 2.05) is 19.1 Å². The Morgan fingerprint density at radius 1 is 1.14 bits per heavy atom. The summed E-state index contributed by atoms with van der Waals surface area (Å²) in [5.74, 6) is -1.01. The summed E-state index contributed by atoms with van der Waals surface area (Å²) >= 11 is 3.18. The average molecular weight is 469 g/mol. The predicted molar refractivity (Wildman–Crippen MR) is 110 cm³/mol. The molecule has 9 heteroatoms. The lowest BCUT2D eigenvalue weighted by atomic mass is 10.2. The maximum absolute atomic E-state index is 12.8. The number of amides is 1. The van der Waals surface area contributed by atoms with Crippen molar-refractivity contribution in [2.75, 3.05) is 25.5 Å². The first-order valence-corrected chi connectivity index (χ1v) is 10.7. The standard InChI is InChI=1S/C19H21BrN2O5S/c1-4-27-19(24)14-7-10-17(16(20)11-14)28(25,26)22(3)12-18(23)21-15-8-5-13(2)6-9-15/h5-11H,4,12H2,1-3H3,(H,21,23). The molecule has 2 aromatic rings. The average Bonchev–Trinajstić information content (AvgIpc) is 2.63. The topological polar surface area (TPSA) is 92.8 Å². The lowest BCUT2D eigenvalue weighted by Crippen LogP contribution is -2.35. The molecule has 2 rings (SSSR count). The van der Waals surface area contributed by atoms with Crippen molar-refractivity contribution in [2.24, 2.45) is 0 Å². The Morgan fingerprint density at radius 3 is 2.36 bits per heavy atom. The first-order valence-electron chi connectivity index (χ1n) is 8.44. The van der Waals surface area contributed by atoms with E-state index in [2.05, 4.69) is 21.2 Å². The number of nitrogens with one attached hydrogen (secondary N) is 1. The van der Waals surface area contributed by atoms with Crippen LogP contribution in [-0.2, 0) is 19.6 Å². The van der Waals surface area contributed by atoms with Crippen LogP contribution in [0.1, 0.15) is 22.8 Å². The number of likely N-dealkylation sites (N-methyl/N-ethyl adjacent to an activating group) is 1. The quantitative estimate of drug-likeness (QED) is 0.629. The summed E-state index contributed by atoms with van der Waals surface area (Å²) in [6, 6.07) is 11.2. The summed E-state index contributed by atoms with van der Waals surface area (Å²) in [6.07, 6.45) is 0. The molecule has 28 heavy (non-hydrogen) atoms. The summed E-state index contributed by atoms with van der Waals surface area (Å²) in [5.41, 5.74) is 1.86. The van der Waals surface area contributed by atoms with E-state index in [1.165, 1.54) is 25.2 Å². The molecular formula is C19H21BrN2O5S. The maximum atomic E-state index is 12.8. The highest BCUT2D eigenvalue weighted by Crippen LogP contribution is 2.26. The summed E-state index contributed by atoms with van der Waals surface area (Å²) in [5, 5.41) is 2.66. The van der Waals surface area contributed by atoms with Crippen LogP contribution >= 0.6 is 15.9 Å². The molecule has 0 saturated carbocycles. The van der Waals surface area contributed by atoms with Gasteiger partial charge in [-0.25, -0.2) is 13.2 Å². The highest BCUT2D eigenvalue weighted by Gasteiger charge is 2.26. The van der Waals surface area contributed by atoms with Crippen LogP contribution in [0, 0.1) is 6.92 Å². The third-order valence-electron chi connectivity index (χ3n) is 3.83. The summed E-state index contributed by atoms with van der Waals surface area (Å²) in [7, 11) is -2.63. The Hall–Kier alpha value is -2.23. The molecule has 0 atom stereocenters. The number of rotatable bonds is 7. The number of benzene rings is 2. The summed E-state index contributed by atoms with van der Waals surface area (Å²) < 4.78 is 31.6. The van der Waals surface area contributed by atoms with E-state index >= 15 is 0 Å². The van der Waals surface area contributed by atoms with E-state index in [4.69, 9.17) is 4.74 Å². The van der Waals surface area contributed by atoms with Crippen LogP contribution in [0.4, 0.5) is 5.69 Å². The van der Waals surface area contributed by atoms with Gasteiger partial charge in [0.1, 0.15) is 0 Å². The van der Waals surface area contributed by atoms with Gasteiger partial charge in [-0.1, -0.05) is 17.7 Å². The van der Waals surface area contributed by atoms with Crippen molar-refractivity contribution in [3.8, 4) is 0 Å². The van der Waals surface area contributed by atoms with Gasteiger partial charge in [0.2, 0.25) is 15.9 Å². The first kappa shape index (κ1) is 22.1. The lowest BCUT2D eigenvalue weighted by molar-refractivity contribution is -0.116. The Kier molecular flexibility index (Phi) is 7.34. The van der Waals surface area contributed by atoms with Gasteiger partial charge in [-0.3, -0.25) is 4.79 Å². The third kappa shape index (κ3) is 5.40. The smallest absolute Gasteiger partial charge is 0.338 e. The number of esters is 1. The zero-order valence-corrected chi connectivity index (χ0v) is 18.1. The van der Waals surface area contributed by atoms with Crippen LogP contribution in [-0.4, -0.2) is 44.8 Å². The molecule has 0 heterocycles. The second kappa shape index (κ2) is 9.31. The van der Waals surface area contributed by atoms with E-state index in [0.717, 1.165) is 9.87 Å². The number of halogens is 1. The van der Waals surface area contributed by atoms with Crippen LogP contribution in [0.2, 0.25) is 0 Å². The Bertz CT molecular complexity index is 974. The molecular weight excluding hydrogens is 448 g/mol. The van der Waals surface area contributed by atoms with E-state index in [0.29, 0.717) is 5.69 Å². The van der Waals surface area contributed by atoms with Crippen molar-refractivity contribution >= 4 is 43.5 Å². The Labute approximate surface area is 172 Å². The van der Waals surface area contributed by atoms with Gasteiger partial charge in [0.25, 0.3) is 0 Å². The number of carbonyl (C=O) groups is 2. The zero-order chi connectivity index (χ0) is 20.9. The fourth-order valence-corrected chi connectivity index (χ4v) is 4.50. The highest BCUT2D eigenvalue weighted by molar-refractivity contribution is 9.10. The molecule has 0 aliphatic carbocycles. The number of nitrogens with zero attached hydrogens (tertiary/aromatic N) is 1. The molecule has 0 aliphatic heterocycles. The van der Waals surface area contributed by atoms with E-state index in [-0.39, 0.29) is 28.1 Å². The van der Waals surface area contributed by atoms with Crippen molar-refractivity contribution < 1.29 is 22.7 Å². The molecule has 1 N–H and O–H groups in total. The van der Waals surface area contributed by atoms with Crippen molar-refractivity contribution in [2.45, 2.75) is 18.7 Å². The van der Waals surface area contributed by atoms with Gasteiger partial charge in [-0.2, -0.15) is 4.31 Å². The third-order valence-corrected chi connectivity index (χ3v) is 6.61. The highest BCUT2D eigenvalue weighted by atomic mass is 79.9. The largest absolute Gasteiger partial charge is 0.462 e. The maximum Gasteiger partial charge on any atom is 0.338 e. The number of aryl methyl sites for hydroxylation is 1. The van der Waals surface area contributed by atoms with E-state index in [9.17, 15) is 18.0 Å². The summed E-state index contributed by atoms with van der Waals surface area (Å²) in [4.78, 5) is 23.9. The monoisotopic (exact) mass is 468 g/mol. The van der Waals surface area contributed by atoms with Crippen LogP contribution in [0.25, 0.3) is 0 Å². The first-order chi connectivity index (χ1) is 13.1. The van der Waals surface area contributed by atoms with Crippen molar-refractivity contribution in [3.05, 3.63) is 58.1 Å². The molecule has 0 bridgehead atoms. The minimum Gasteiger partial charge on any atom is -0.462 e. The summed E-state index contributed by atoms with van der Waals surface area (Å²) in [6.45, 7) is 3.47. The van der Waals surface area contributed by atoms with Gasteiger partial charge >= 0.3 is 5.97 Å². The molecule has 7 nitrogen and oxygen atoms in total. The van der Waals surface area contributed by atoms with Crippen LogP contribution < -0.4 is 5.32 Å². The molecule has 0 aliphatic rings. The van der Waals surface area contributed by atoms with Crippen molar-refractivity contribution in [1.82, 2.24) is 4.31 Å². The van der Waals surface area contributed by atoms with E-state index < -0.39 is 21.9 Å². The SMILES string of the molecule is CCOC(=O)c1ccc(S(=O)(=O)N(C)CC(=O)Nc2ccc(C)cc2)c(Br)c1. The van der Waals surface area contributed by atoms with Gasteiger partial charge in [0, 0.05) is 17.2 Å². The van der Waals surface area contributed by atoms with E-state index in [1.54, 1.807) is 19.1 Å². The number of hydrogen-bond donors (Lipinski definition) is 1. The second-order valence-corrected chi connectivity index (χ2v) is 8.91. The number of hydrogen-bond acceptors (Lipinski definition) is 5. The van der Waals surface area contributed by atoms with Gasteiger partial charge < -0.3 is 10.1 Å². The fourth-order valence-electron chi connectivity index (χ4n) is 2.34. The van der Waals surface area contributed by atoms with Crippen LogP contribution in [0.15, 0.2) is 51.8 Å². The number of anilines is 1.